The Kier molecular flexibility index (Phi) is 4.97. The van der Waals surface area contributed by atoms with Gasteiger partial charge >= 0.3 is 0 Å². The molecule has 7 heteroatoms. The number of piperidine rings is 1. The molecular weight excluding hydrogens is 370 g/mol. The highest BCUT2D eigenvalue weighted by atomic mass is 32.2. The molecular formula is C20H20F2N2O2S. The van der Waals surface area contributed by atoms with Gasteiger partial charge in [-0.25, -0.2) is 13.0 Å². The number of fused-ring (bicyclic) bond motifs is 1. The Morgan fingerprint density at radius 3 is 2.67 bits per heavy atom. The lowest BCUT2D eigenvalue weighted by Gasteiger charge is -2.28. The second kappa shape index (κ2) is 7.40. The molecule has 27 heavy (non-hydrogen) atoms. The normalized spacial score (nSPS) is 17.3. The minimum absolute atomic E-state index is 0.180. The summed E-state index contributed by atoms with van der Waals surface area (Å²) in [5, 5.41) is 1.03. The number of rotatable bonds is 4. The molecule has 142 valence electrons. The summed E-state index contributed by atoms with van der Waals surface area (Å²) in [6, 6.07) is 8.29. The number of likely N-dealkylation sites (tertiary alicyclic amines) is 1. The van der Waals surface area contributed by atoms with Crippen LogP contribution in [0.4, 0.5) is 8.78 Å². The molecule has 2 heterocycles. The second-order valence-electron chi connectivity index (χ2n) is 6.92. The molecule has 0 saturated carbocycles. The minimum Gasteiger partial charge on any atom is -0.397 e. The summed E-state index contributed by atoms with van der Waals surface area (Å²) in [4.78, 5) is 5.42. The van der Waals surface area contributed by atoms with Crippen molar-refractivity contribution in [3.8, 4) is 5.75 Å². The van der Waals surface area contributed by atoms with Crippen molar-refractivity contribution in [3.63, 3.8) is 0 Å². The van der Waals surface area contributed by atoms with Crippen LogP contribution in [0, 0.1) is 11.6 Å². The van der Waals surface area contributed by atoms with Gasteiger partial charge in [0.15, 0.2) is 0 Å². The molecule has 1 fully saturated rings. The molecule has 2 aromatic carbocycles. The minimum atomic E-state index is -2.06. The topological polar surface area (TPSA) is 45.3 Å². The van der Waals surface area contributed by atoms with Gasteiger partial charge in [0.25, 0.3) is 0 Å². The maximum Gasteiger partial charge on any atom is 0.243 e. The largest absolute Gasteiger partial charge is 0.397 e. The monoisotopic (exact) mass is 390 g/mol. The van der Waals surface area contributed by atoms with Crippen molar-refractivity contribution in [1.82, 2.24) is 9.88 Å². The number of aromatic nitrogens is 1. The Morgan fingerprint density at radius 2 is 1.93 bits per heavy atom. The first-order valence-corrected chi connectivity index (χ1v) is 9.93. The highest BCUT2D eigenvalue weighted by molar-refractivity contribution is 7.80. The van der Waals surface area contributed by atoms with Gasteiger partial charge in [0.2, 0.25) is 11.1 Å². The lowest BCUT2D eigenvalue weighted by atomic mass is 9.89. The third-order valence-electron chi connectivity index (χ3n) is 5.09. The van der Waals surface area contributed by atoms with Gasteiger partial charge in [0, 0.05) is 23.2 Å². The van der Waals surface area contributed by atoms with Crippen molar-refractivity contribution in [1.29, 1.82) is 0 Å². The number of halogens is 2. The molecule has 4 rings (SSSR count). The summed E-state index contributed by atoms with van der Waals surface area (Å²) in [5.41, 5.74) is 2.21. The van der Waals surface area contributed by atoms with E-state index in [-0.39, 0.29) is 4.90 Å². The van der Waals surface area contributed by atoms with Crippen molar-refractivity contribution in [2.75, 3.05) is 20.1 Å². The average Bonchev–Trinajstić information content (AvgIpc) is 3.05. The van der Waals surface area contributed by atoms with E-state index in [0.29, 0.717) is 17.7 Å². The first kappa shape index (κ1) is 18.1. The van der Waals surface area contributed by atoms with E-state index in [0.717, 1.165) is 49.0 Å². The predicted molar refractivity (Wildman–Crippen MR) is 101 cm³/mol. The van der Waals surface area contributed by atoms with E-state index >= 15 is 0 Å². The predicted octanol–water partition coefficient (Wildman–Crippen LogP) is 4.36. The molecule has 1 atom stereocenters. The summed E-state index contributed by atoms with van der Waals surface area (Å²) in [6.45, 7) is 2.11. The molecule has 0 radical (unpaired) electrons. The quantitative estimate of drug-likeness (QED) is 0.720. The summed E-state index contributed by atoms with van der Waals surface area (Å²) in [6.07, 6.45) is 4.20. The fourth-order valence-corrected chi connectivity index (χ4v) is 4.34. The zero-order valence-electron chi connectivity index (χ0n) is 14.9. The SMILES string of the molecule is CN1CCC(c2c[nH]c3ccc(OS(=O)c4ccc(F)cc4F)cc23)CC1. The molecule has 0 aliphatic carbocycles. The van der Waals surface area contributed by atoms with Crippen molar-refractivity contribution < 1.29 is 17.2 Å². The van der Waals surface area contributed by atoms with E-state index in [2.05, 4.69) is 16.9 Å². The van der Waals surface area contributed by atoms with Crippen molar-refractivity contribution in [2.24, 2.45) is 0 Å². The Bertz CT molecular complexity index is 997. The molecule has 3 aromatic rings. The van der Waals surface area contributed by atoms with Crippen LogP contribution < -0.4 is 4.18 Å². The van der Waals surface area contributed by atoms with Crippen LogP contribution in [0.25, 0.3) is 10.9 Å². The number of aromatic amines is 1. The van der Waals surface area contributed by atoms with Crippen LogP contribution >= 0.6 is 0 Å². The van der Waals surface area contributed by atoms with Gasteiger partial charge in [-0.15, -0.1) is 0 Å². The van der Waals surface area contributed by atoms with Gasteiger partial charge in [-0.05, 0) is 74.8 Å². The highest BCUT2D eigenvalue weighted by Crippen LogP contribution is 2.34. The first-order chi connectivity index (χ1) is 13.0. The molecule has 1 saturated heterocycles. The number of H-pyrrole nitrogens is 1. The smallest absolute Gasteiger partial charge is 0.243 e. The third-order valence-corrected chi connectivity index (χ3v) is 6.12. The molecule has 1 aromatic heterocycles. The summed E-state index contributed by atoms with van der Waals surface area (Å²) < 4.78 is 44.7. The number of nitrogens with zero attached hydrogens (tertiary/aromatic N) is 1. The highest BCUT2D eigenvalue weighted by Gasteiger charge is 2.21. The number of benzene rings is 2. The third kappa shape index (κ3) is 3.75. The van der Waals surface area contributed by atoms with Gasteiger partial charge in [-0.1, -0.05) is 0 Å². The van der Waals surface area contributed by atoms with Crippen LogP contribution in [0.1, 0.15) is 24.3 Å². The molecule has 1 aliphatic rings. The zero-order valence-corrected chi connectivity index (χ0v) is 15.7. The summed E-state index contributed by atoms with van der Waals surface area (Å²) in [7, 11) is 2.13. The Hall–Kier alpha value is -2.25. The van der Waals surface area contributed by atoms with Crippen molar-refractivity contribution in [2.45, 2.75) is 23.7 Å². The first-order valence-electron chi connectivity index (χ1n) is 8.86. The molecule has 1 aliphatic heterocycles. The Morgan fingerprint density at radius 1 is 1.15 bits per heavy atom. The maximum absolute atomic E-state index is 13.8. The summed E-state index contributed by atoms with van der Waals surface area (Å²) in [5.74, 6) is -0.753. The van der Waals surface area contributed by atoms with Crippen LogP contribution in [0.2, 0.25) is 0 Å². The number of hydrogen-bond donors (Lipinski definition) is 1. The molecule has 1 N–H and O–H groups in total. The van der Waals surface area contributed by atoms with E-state index in [9.17, 15) is 13.0 Å². The molecule has 4 nitrogen and oxygen atoms in total. The maximum atomic E-state index is 13.8. The van der Waals surface area contributed by atoms with E-state index in [1.807, 2.05) is 18.3 Å². The van der Waals surface area contributed by atoms with E-state index < -0.39 is 22.7 Å². The number of nitrogens with one attached hydrogen (secondary N) is 1. The van der Waals surface area contributed by atoms with E-state index in [1.165, 1.54) is 5.56 Å². The van der Waals surface area contributed by atoms with Crippen LogP contribution in [-0.4, -0.2) is 34.2 Å². The lowest BCUT2D eigenvalue weighted by Crippen LogP contribution is -2.29. The Labute approximate surface area is 158 Å². The van der Waals surface area contributed by atoms with E-state index in [4.69, 9.17) is 4.18 Å². The lowest BCUT2D eigenvalue weighted by molar-refractivity contribution is 0.256. The van der Waals surface area contributed by atoms with Gasteiger partial charge in [-0.3, -0.25) is 0 Å². The fourth-order valence-electron chi connectivity index (χ4n) is 3.57. The molecule has 0 bridgehead atoms. The summed E-state index contributed by atoms with van der Waals surface area (Å²) >= 11 is -2.06. The average molecular weight is 390 g/mol. The fraction of sp³-hybridized carbons (Fsp3) is 0.300. The Balaban J connectivity index is 1.59. The standard InChI is InChI=1S/C20H20F2N2O2S/c1-24-8-6-13(7-9-24)17-12-23-19-4-3-15(11-16(17)19)26-27(25)20-5-2-14(21)10-18(20)22/h2-5,10-13,23H,6-9H2,1H3. The van der Waals surface area contributed by atoms with Gasteiger partial charge in [0.1, 0.15) is 22.3 Å². The second-order valence-corrected chi connectivity index (χ2v) is 8.00. The number of hydrogen-bond acceptors (Lipinski definition) is 3. The van der Waals surface area contributed by atoms with Crippen LogP contribution in [0.15, 0.2) is 47.5 Å². The van der Waals surface area contributed by atoms with E-state index in [1.54, 1.807) is 6.07 Å². The van der Waals surface area contributed by atoms with Gasteiger partial charge in [0.05, 0.1) is 0 Å². The molecule has 1 unspecified atom stereocenters. The van der Waals surface area contributed by atoms with Gasteiger partial charge < -0.3 is 14.1 Å². The van der Waals surface area contributed by atoms with Crippen LogP contribution in [0.3, 0.4) is 0 Å². The zero-order chi connectivity index (χ0) is 19.0. The molecule has 0 spiro atoms. The molecule has 0 amide bonds. The van der Waals surface area contributed by atoms with Crippen molar-refractivity contribution in [3.05, 3.63) is 59.8 Å². The van der Waals surface area contributed by atoms with Crippen LogP contribution in [-0.2, 0) is 11.1 Å². The van der Waals surface area contributed by atoms with Gasteiger partial charge in [-0.2, -0.15) is 0 Å². The van der Waals surface area contributed by atoms with Crippen molar-refractivity contribution >= 4 is 22.0 Å². The van der Waals surface area contributed by atoms with Crippen LogP contribution in [0.5, 0.6) is 5.75 Å².